The minimum Gasteiger partial charge on any atom is -0.488 e. The molecule has 3 aromatic carbocycles. The standard InChI is InChI=1S/C28H25BrClN3O2/c29-23-16-19(14-15-26(23)35-18-21-10-4-6-12-24(21)30)17-31-33-27(20-8-2-1-3-9-20)32-25-13-7-5-11-22(25)28(33)34/h4-7,10-17,20H,1-3,8-9,18H2. The summed E-state index contributed by atoms with van der Waals surface area (Å²) in [5.41, 5.74) is 2.36. The number of benzene rings is 3. The van der Waals surface area contributed by atoms with E-state index in [2.05, 4.69) is 21.0 Å². The number of rotatable bonds is 6. The average Bonchev–Trinajstić information content (AvgIpc) is 2.89. The van der Waals surface area contributed by atoms with Crippen LogP contribution in [-0.2, 0) is 6.61 Å². The molecule has 1 aliphatic carbocycles. The Morgan fingerprint density at radius 3 is 2.63 bits per heavy atom. The first kappa shape index (κ1) is 23.8. The first-order valence-electron chi connectivity index (χ1n) is 11.8. The number of hydrogen-bond acceptors (Lipinski definition) is 4. The second-order valence-electron chi connectivity index (χ2n) is 8.75. The Kier molecular flexibility index (Phi) is 7.30. The Bertz CT molecular complexity index is 1440. The normalized spacial score (nSPS) is 14.6. The fraction of sp³-hybridized carbons (Fsp3) is 0.250. The monoisotopic (exact) mass is 549 g/mol. The van der Waals surface area contributed by atoms with Crippen LogP contribution < -0.4 is 10.3 Å². The molecule has 1 aliphatic rings. The van der Waals surface area contributed by atoms with Crippen molar-refractivity contribution in [1.29, 1.82) is 0 Å². The molecule has 5 rings (SSSR count). The van der Waals surface area contributed by atoms with Gasteiger partial charge in [0.2, 0.25) is 0 Å². The molecule has 0 N–H and O–H groups in total. The summed E-state index contributed by atoms with van der Waals surface area (Å²) in [6.07, 6.45) is 7.30. The van der Waals surface area contributed by atoms with Crippen LogP contribution in [0.3, 0.4) is 0 Å². The highest BCUT2D eigenvalue weighted by Crippen LogP contribution is 2.32. The lowest BCUT2D eigenvalue weighted by Gasteiger charge is -2.22. The average molecular weight is 551 g/mol. The van der Waals surface area contributed by atoms with Crippen LogP contribution in [0.1, 0.15) is 55.0 Å². The molecular formula is C28H25BrClN3O2. The molecule has 1 saturated carbocycles. The lowest BCUT2D eigenvalue weighted by Crippen LogP contribution is -2.25. The van der Waals surface area contributed by atoms with Crippen molar-refractivity contribution >= 4 is 44.6 Å². The van der Waals surface area contributed by atoms with E-state index in [1.54, 1.807) is 6.21 Å². The largest absolute Gasteiger partial charge is 0.488 e. The smallest absolute Gasteiger partial charge is 0.282 e. The maximum absolute atomic E-state index is 13.4. The summed E-state index contributed by atoms with van der Waals surface area (Å²) in [6.45, 7) is 0.370. The van der Waals surface area contributed by atoms with E-state index in [1.165, 1.54) is 11.1 Å². The van der Waals surface area contributed by atoms with Gasteiger partial charge in [-0.15, -0.1) is 0 Å². The molecule has 0 aliphatic heterocycles. The van der Waals surface area contributed by atoms with Gasteiger partial charge in [-0.1, -0.05) is 61.2 Å². The number of para-hydroxylation sites is 1. The van der Waals surface area contributed by atoms with Gasteiger partial charge in [0, 0.05) is 16.5 Å². The molecule has 7 heteroatoms. The SMILES string of the molecule is O=c1c2ccccc2nc(C2CCCCC2)n1N=Cc1ccc(OCc2ccccc2Cl)c(Br)c1. The highest BCUT2D eigenvalue weighted by Gasteiger charge is 2.22. The highest BCUT2D eigenvalue weighted by atomic mass is 79.9. The van der Waals surface area contributed by atoms with Crippen molar-refractivity contribution in [3.05, 3.63) is 104 Å². The van der Waals surface area contributed by atoms with Crippen molar-refractivity contribution in [3.8, 4) is 5.75 Å². The lowest BCUT2D eigenvalue weighted by molar-refractivity contribution is 0.304. The molecule has 5 nitrogen and oxygen atoms in total. The molecule has 0 saturated heterocycles. The van der Waals surface area contributed by atoms with Crippen molar-refractivity contribution in [3.63, 3.8) is 0 Å². The van der Waals surface area contributed by atoms with Crippen molar-refractivity contribution < 1.29 is 4.74 Å². The van der Waals surface area contributed by atoms with E-state index in [0.29, 0.717) is 22.8 Å². The fourth-order valence-corrected chi connectivity index (χ4v) is 5.19. The van der Waals surface area contributed by atoms with Crippen LogP contribution in [0.4, 0.5) is 0 Å². The molecule has 0 spiro atoms. The third-order valence-electron chi connectivity index (χ3n) is 6.37. The molecule has 0 atom stereocenters. The van der Waals surface area contributed by atoms with E-state index in [1.807, 2.05) is 66.7 Å². The summed E-state index contributed by atoms with van der Waals surface area (Å²) >= 11 is 9.82. The second kappa shape index (κ2) is 10.8. The summed E-state index contributed by atoms with van der Waals surface area (Å²) in [7, 11) is 0. The van der Waals surface area contributed by atoms with Crippen LogP contribution in [0.2, 0.25) is 5.02 Å². The zero-order valence-electron chi connectivity index (χ0n) is 19.2. The van der Waals surface area contributed by atoms with Crippen LogP contribution in [0.5, 0.6) is 5.75 Å². The van der Waals surface area contributed by atoms with Gasteiger partial charge < -0.3 is 4.74 Å². The van der Waals surface area contributed by atoms with Gasteiger partial charge in [-0.05, 0) is 70.7 Å². The maximum atomic E-state index is 13.4. The Balaban J connectivity index is 1.43. The Hall–Kier alpha value is -2.96. The summed E-state index contributed by atoms with van der Waals surface area (Å²) in [4.78, 5) is 18.2. The Morgan fingerprint density at radius 2 is 1.83 bits per heavy atom. The second-order valence-corrected chi connectivity index (χ2v) is 10.0. The number of nitrogens with zero attached hydrogens (tertiary/aromatic N) is 3. The van der Waals surface area contributed by atoms with E-state index in [9.17, 15) is 4.79 Å². The van der Waals surface area contributed by atoms with Gasteiger partial charge in [-0.2, -0.15) is 9.78 Å². The molecule has 4 aromatic rings. The molecule has 35 heavy (non-hydrogen) atoms. The van der Waals surface area contributed by atoms with Gasteiger partial charge in [0.05, 0.1) is 21.6 Å². The molecule has 1 fully saturated rings. The van der Waals surface area contributed by atoms with Crippen molar-refractivity contribution in [1.82, 2.24) is 9.66 Å². The van der Waals surface area contributed by atoms with Crippen LogP contribution in [0.15, 0.2) is 81.1 Å². The van der Waals surface area contributed by atoms with Crippen molar-refractivity contribution in [2.24, 2.45) is 5.10 Å². The first-order chi connectivity index (χ1) is 17.1. The van der Waals surface area contributed by atoms with Crippen LogP contribution >= 0.6 is 27.5 Å². The van der Waals surface area contributed by atoms with E-state index in [0.717, 1.165) is 52.6 Å². The van der Waals surface area contributed by atoms with Crippen molar-refractivity contribution in [2.75, 3.05) is 0 Å². The number of ether oxygens (including phenoxy) is 1. The van der Waals surface area contributed by atoms with Crippen LogP contribution in [0.25, 0.3) is 10.9 Å². The van der Waals surface area contributed by atoms with Crippen LogP contribution in [-0.4, -0.2) is 15.9 Å². The molecule has 178 valence electrons. The Labute approximate surface area is 217 Å². The quantitative estimate of drug-likeness (QED) is 0.236. The van der Waals surface area contributed by atoms with Crippen molar-refractivity contribution in [2.45, 2.75) is 44.6 Å². The summed E-state index contributed by atoms with van der Waals surface area (Å²) < 4.78 is 8.24. The van der Waals surface area contributed by atoms with Gasteiger partial charge in [-0.3, -0.25) is 4.79 Å². The molecular weight excluding hydrogens is 526 g/mol. The maximum Gasteiger partial charge on any atom is 0.282 e. The van der Waals surface area contributed by atoms with Gasteiger partial charge in [-0.25, -0.2) is 4.98 Å². The van der Waals surface area contributed by atoms with E-state index in [4.69, 9.17) is 21.3 Å². The summed E-state index contributed by atoms with van der Waals surface area (Å²) in [5, 5.41) is 5.87. The van der Waals surface area contributed by atoms with Crippen LogP contribution in [0, 0.1) is 0 Å². The third kappa shape index (κ3) is 5.34. The third-order valence-corrected chi connectivity index (χ3v) is 7.36. The van der Waals surface area contributed by atoms with Gasteiger partial charge in [0.1, 0.15) is 18.2 Å². The molecule has 0 amide bonds. The summed E-state index contributed by atoms with van der Waals surface area (Å²) in [6, 6.07) is 20.8. The van der Waals surface area contributed by atoms with Gasteiger partial charge in [0.15, 0.2) is 0 Å². The lowest BCUT2D eigenvalue weighted by atomic mass is 9.88. The fourth-order valence-electron chi connectivity index (χ4n) is 4.49. The number of halogens is 2. The van der Waals surface area contributed by atoms with Gasteiger partial charge in [0.25, 0.3) is 5.56 Å². The van der Waals surface area contributed by atoms with E-state index in [-0.39, 0.29) is 11.5 Å². The summed E-state index contributed by atoms with van der Waals surface area (Å²) in [5.74, 6) is 1.70. The van der Waals surface area contributed by atoms with E-state index >= 15 is 0 Å². The molecule has 1 heterocycles. The Morgan fingerprint density at radius 1 is 1.06 bits per heavy atom. The number of hydrogen-bond donors (Lipinski definition) is 0. The predicted molar refractivity (Wildman–Crippen MR) is 145 cm³/mol. The van der Waals surface area contributed by atoms with E-state index < -0.39 is 0 Å². The molecule has 0 radical (unpaired) electrons. The first-order valence-corrected chi connectivity index (χ1v) is 13.0. The molecule has 1 aromatic heterocycles. The predicted octanol–water partition coefficient (Wildman–Crippen LogP) is 7.32. The topological polar surface area (TPSA) is 56.5 Å². The minimum absolute atomic E-state index is 0.133. The zero-order valence-corrected chi connectivity index (χ0v) is 21.5. The molecule has 0 bridgehead atoms. The van der Waals surface area contributed by atoms with Gasteiger partial charge >= 0.3 is 0 Å². The molecule has 0 unspecified atom stereocenters. The minimum atomic E-state index is -0.133. The highest BCUT2D eigenvalue weighted by molar-refractivity contribution is 9.10. The number of fused-ring (bicyclic) bond motifs is 1. The zero-order chi connectivity index (χ0) is 24.2. The number of aromatic nitrogens is 2.